The number of carbonyl (C=O) groups excluding carboxylic acids is 2. The Labute approximate surface area is 165 Å². The standard InChI is InChI=1S/C23H26N2O3/c1-28-21-12-4-17(5-13-21)15-25(23(27)18-6-7-18)20-10-2-16(3-11-20)14-22(26)24-19-8-9-19/h2-5,10-13,18-19H,6-9,14-15H2,1H3,(H,24,26). The van der Waals surface area contributed by atoms with Crippen molar-refractivity contribution in [3.63, 3.8) is 0 Å². The molecule has 2 fully saturated rings. The highest BCUT2D eigenvalue weighted by atomic mass is 16.5. The Hall–Kier alpha value is -2.82. The number of anilines is 1. The molecule has 0 spiro atoms. The lowest BCUT2D eigenvalue weighted by Gasteiger charge is -2.23. The average molecular weight is 378 g/mol. The van der Waals surface area contributed by atoms with Crippen molar-refractivity contribution in [3.05, 3.63) is 59.7 Å². The maximum absolute atomic E-state index is 12.9. The van der Waals surface area contributed by atoms with Crippen LogP contribution >= 0.6 is 0 Å². The first-order valence-electron chi connectivity index (χ1n) is 9.95. The molecule has 2 amide bonds. The van der Waals surface area contributed by atoms with Gasteiger partial charge in [0.25, 0.3) is 0 Å². The maximum atomic E-state index is 12.9. The molecule has 0 radical (unpaired) electrons. The molecule has 0 saturated heterocycles. The number of ether oxygens (including phenoxy) is 1. The van der Waals surface area contributed by atoms with Gasteiger partial charge >= 0.3 is 0 Å². The molecule has 5 nitrogen and oxygen atoms in total. The lowest BCUT2D eigenvalue weighted by molar-refractivity contribution is -0.121. The van der Waals surface area contributed by atoms with Crippen molar-refractivity contribution in [2.75, 3.05) is 12.0 Å². The molecule has 4 rings (SSSR count). The van der Waals surface area contributed by atoms with Crippen LogP contribution in [0, 0.1) is 5.92 Å². The van der Waals surface area contributed by atoms with Gasteiger partial charge in [0.15, 0.2) is 0 Å². The number of nitrogens with one attached hydrogen (secondary N) is 1. The summed E-state index contributed by atoms with van der Waals surface area (Å²) < 4.78 is 5.21. The summed E-state index contributed by atoms with van der Waals surface area (Å²) in [4.78, 5) is 26.7. The van der Waals surface area contributed by atoms with E-state index in [1.54, 1.807) is 7.11 Å². The lowest BCUT2D eigenvalue weighted by Crippen LogP contribution is -2.31. The smallest absolute Gasteiger partial charge is 0.230 e. The maximum Gasteiger partial charge on any atom is 0.230 e. The van der Waals surface area contributed by atoms with Gasteiger partial charge in [0.05, 0.1) is 20.1 Å². The minimum Gasteiger partial charge on any atom is -0.497 e. The molecule has 0 atom stereocenters. The van der Waals surface area contributed by atoms with Gasteiger partial charge in [-0.15, -0.1) is 0 Å². The monoisotopic (exact) mass is 378 g/mol. The quantitative estimate of drug-likeness (QED) is 0.765. The van der Waals surface area contributed by atoms with Crippen molar-refractivity contribution >= 4 is 17.5 Å². The van der Waals surface area contributed by atoms with E-state index in [0.29, 0.717) is 19.0 Å². The molecule has 0 heterocycles. The van der Waals surface area contributed by atoms with E-state index >= 15 is 0 Å². The van der Waals surface area contributed by atoms with Gasteiger partial charge in [-0.3, -0.25) is 9.59 Å². The van der Waals surface area contributed by atoms with Gasteiger partial charge in [-0.2, -0.15) is 0 Å². The summed E-state index contributed by atoms with van der Waals surface area (Å²) in [6.45, 7) is 0.529. The van der Waals surface area contributed by atoms with E-state index in [0.717, 1.165) is 48.2 Å². The Morgan fingerprint density at radius 3 is 2.18 bits per heavy atom. The van der Waals surface area contributed by atoms with E-state index in [9.17, 15) is 9.59 Å². The number of methoxy groups -OCH3 is 1. The molecule has 0 aromatic heterocycles. The second-order valence-electron chi connectivity index (χ2n) is 7.73. The van der Waals surface area contributed by atoms with Crippen molar-refractivity contribution in [1.29, 1.82) is 0 Å². The zero-order valence-electron chi connectivity index (χ0n) is 16.2. The van der Waals surface area contributed by atoms with Crippen LogP contribution in [0.5, 0.6) is 5.75 Å². The normalized spacial score (nSPS) is 15.8. The van der Waals surface area contributed by atoms with Crippen LogP contribution in [0.25, 0.3) is 0 Å². The van der Waals surface area contributed by atoms with E-state index in [2.05, 4.69) is 5.32 Å². The van der Waals surface area contributed by atoms with Gasteiger partial charge in [0, 0.05) is 17.6 Å². The van der Waals surface area contributed by atoms with Crippen molar-refractivity contribution in [3.8, 4) is 5.75 Å². The fourth-order valence-electron chi connectivity index (χ4n) is 3.25. The third-order valence-electron chi connectivity index (χ3n) is 5.25. The third-order valence-corrected chi connectivity index (χ3v) is 5.25. The molecular weight excluding hydrogens is 352 g/mol. The molecule has 2 aliphatic rings. The number of hydrogen-bond acceptors (Lipinski definition) is 3. The fraction of sp³-hybridized carbons (Fsp3) is 0.391. The van der Waals surface area contributed by atoms with Crippen LogP contribution in [0.2, 0.25) is 0 Å². The summed E-state index contributed by atoms with van der Waals surface area (Å²) >= 11 is 0. The largest absolute Gasteiger partial charge is 0.497 e. The summed E-state index contributed by atoms with van der Waals surface area (Å²) in [5.41, 5.74) is 2.90. The fourth-order valence-corrected chi connectivity index (χ4v) is 3.25. The zero-order chi connectivity index (χ0) is 19.5. The van der Waals surface area contributed by atoms with Gasteiger partial charge in [0.1, 0.15) is 5.75 Å². The van der Waals surface area contributed by atoms with E-state index in [1.165, 1.54) is 0 Å². The molecule has 2 aromatic rings. The second kappa shape index (κ2) is 8.05. The molecular formula is C23H26N2O3. The Balaban J connectivity index is 1.47. The topological polar surface area (TPSA) is 58.6 Å². The van der Waals surface area contributed by atoms with E-state index in [-0.39, 0.29) is 17.7 Å². The molecule has 28 heavy (non-hydrogen) atoms. The highest BCUT2D eigenvalue weighted by Gasteiger charge is 2.34. The van der Waals surface area contributed by atoms with Crippen LogP contribution in [0.15, 0.2) is 48.5 Å². The molecule has 146 valence electrons. The Morgan fingerprint density at radius 1 is 0.964 bits per heavy atom. The van der Waals surface area contributed by atoms with Crippen LogP contribution in [0.3, 0.4) is 0 Å². The van der Waals surface area contributed by atoms with E-state index < -0.39 is 0 Å². The molecule has 2 saturated carbocycles. The van der Waals surface area contributed by atoms with Crippen molar-refractivity contribution in [1.82, 2.24) is 5.32 Å². The Morgan fingerprint density at radius 2 is 1.61 bits per heavy atom. The minimum absolute atomic E-state index is 0.0689. The highest BCUT2D eigenvalue weighted by molar-refractivity contribution is 5.96. The minimum atomic E-state index is 0.0689. The van der Waals surface area contributed by atoms with Gasteiger partial charge in [-0.25, -0.2) is 0 Å². The predicted molar refractivity (Wildman–Crippen MR) is 108 cm³/mol. The first kappa shape index (κ1) is 18.5. The first-order valence-corrected chi connectivity index (χ1v) is 9.95. The van der Waals surface area contributed by atoms with E-state index in [4.69, 9.17) is 4.74 Å². The van der Waals surface area contributed by atoms with Crippen molar-refractivity contribution < 1.29 is 14.3 Å². The number of amides is 2. The summed E-state index contributed by atoms with van der Waals surface area (Å²) in [5, 5.41) is 3.01. The van der Waals surface area contributed by atoms with Crippen LogP contribution < -0.4 is 15.0 Å². The van der Waals surface area contributed by atoms with Gasteiger partial charge < -0.3 is 15.0 Å². The van der Waals surface area contributed by atoms with Crippen LogP contribution in [0.4, 0.5) is 5.69 Å². The Kier molecular flexibility index (Phi) is 5.33. The summed E-state index contributed by atoms with van der Waals surface area (Å²) in [6, 6.07) is 16.0. The SMILES string of the molecule is COc1ccc(CN(C(=O)C2CC2)c2ccc(CC(=O)NC3CC3)cc2)cc1. The van der Waals surface area contributed by atoms with Gasteiger partial charge in [-0.1, -0.05) is 24.3 Å². The Bertz CT molecular complexity index is 837. The molecule has 5 heteroatoms. The number of carbonyl (C=O) groups is 2. The predicted octanol–water partition coefficient (Wildman–Crippen LogP) is 3.46. The number of rotatable bonds is 8. The molecule has 0 unspecified atom stereocenters. The van der Waals surface area contributed by atoms with Crippen LogP contribution in [-0.2, 0) is 22.6 Å². The average Bonchev–Trinajstić information content (AvgIpc) is 3.61. The summed E-state index contributed by atoms with van der Waals surface area (Å²) in [6.07, 6.45) is 4.50. The molecule has 2 aromatic carbocycles. The number of benzene rings is 2. The summed E-state index contributed by atoms with van der Waals surface area (Å²) in [5.74, 6) is 1.19. The third kappa shape index (κ3) is 4.71. The molecule has 0 aliphatic heterocycles. The van der Waals surface area contributed by atoms with Crippen molar-refractivity contribution in [2.45, 2.75) is 44.7 Å². The van der Waals surface area contributed by atoms with Crippen molar-refractivity contribution in [2.24, 2.45) is 5.92 Å². The van der Waals surface area contributed by atoms with Gasteiger partial charge in [0.2, 0.25) is 11.8 Å². The highest BCUT2D eigenvalue weighted by Crippen LogP contribution is 2.33. The number of hydrogen-bond donors (Lipinski definition) is 1. The molecule has 1 N–H and O–H groups in total. The molecule has 0 bridgehead atoms. The van der Waals surface area contributed by atoms with E-state index in [1.807, 2.05) is 53.4 Å². The number of nitrogens with zero attached hydrogens (tertiary/aromatic N) is 1. The van der Waals surface area contributed by atoms with Crippen LogP contribution in [0.1, 0.15) is 36.8 Å². The zero-order valence-corrected chi connectivity index (χ0v) is 16.2. The lowest BCUT2D eigenvalue weighted by atomic mass is 10.1. The summed E-state index contributed by atoms with van der Waals surface area (Å²) in [7, 11) is 1.64. The second-order valence-corrected chi connectivity index (χ2v) is 7.73. The first-order chi connectivity index (χ1) is 13.6. The van der Waals surface area contributed by atoms with Crippen LogP contribution in [-0.4, -0.2) is 25.0 Å². The molecule has 2 aliphatic carbocycles. The van der Waals surface area contributed by atoms with Gasteiger partial charge in [-0.05, 0) is 61.1 Å².